The van der Waals surface area contributed by atoms with Crippen molar-refractivity contribution < 1.29 is 19.6 Å². The summed E-state index contributed by atoms with van der Waals surface area (Å²) in [5.74, 6) is -1.15. The number of phenols is 1. The highest BCUT2D eigenvalue weighted by Crippen LogP contribution is 2.21. The van der Waals surface area contributed by atoms with Crippen molar-refractivity contribution in [3.63, 3.8) is 0 Å². The summed E-state index contributed by atoms with van der Waals surface area (Å²) in [4.78, 5) is 33.6. The highest BCUT2D eigenvalue weighted by Gasteiger charge is 2.10. The standard InChI is InChI=1S/C17H15ClN4O5/c18-13-3-1-2-4-14(13)20-16(24)7-8-17(25)21-19-10-11-9-12(22(26)27)5-6-15(11)23/h1-6,9-10,23H,7-8H2,(H,20,24)(H,21,25). The van der Waals surface area contributed by atoms with Crippen molar-refractivity contribution in [2.24, 2.45) is 5.10 Å². The molecular formula is C17H15ClN4O5. The molecule has 2 rings (SSSR count). The van der Waals surface area contributed by atoms with Gasteiger partial charge in [-0.25, -0.2) is 5.43 Å². The zero-order valence-electron chi connectivity index (χ0n) is 13.9. The smallest absolute Gasteiger partial charge is 0.270 e. The molecule has 0 aliphatic carbocycles. The van der Waals surface area contributed by atoms with Gasteiger partial charge in [0.1, 0.15) is 5.75 Å². The molecule has 0 unspecified atom stereocenters. The van der Waals surface area contributed by atoms with E-state index in [-0.39, 0.29) is 29.8 Å². The Kier molecular flexibility index (Phi) is 6.84. The van der Waals surface area contributed by atoms with Crippen LogP contribution in [0.15, 0.2) is 47.6 Å². The SMILES string of the molecule is O=C(CCC(=O)Nc1ccccc1Cl)NN=Cc1cc([N+](=O)[O-])ccc1O. The molecule has 0 fully saturated rings. The fourth-order valence-electron chi connectivity index (χ4n) is 1.99. The first-order chi connectivity index (χ1) is 12.9. The van der Waals surface area contributed by atoms with E-state index in [1.165, 1.54) is 0 Å². The molecule has 0 aliphatic heterocycles. The van der Waals surface area contributed by atoms with E-state index in [1.54, 1.807) is 24.3 Å². The van der Waals surface area contributed by atoms with Crippen LogP contribution in [0.2, 0.25) is 5.02 Å². The minimum atomic E-state index is -0.618. The van der Waals surface area contributed by atoms with Crippen LogP contribution in [-0.2, 0) is 9.59 Å². The van der Waals surface area contributed by atoms with E-state index in [4.69, 9.17) is 11.6 Å². The summed E-state index contributed by atoms with van der Waals surface area (Å²) in [6, 6.07) is 10.1. The van der Waals surface area contributed by atoms with Crippen LogP contribution in [-0.4, -0.2) is 28.1 Å². The average Bonchev–Trinajstić information content (AvgIpc) is 2.63. The van der Waals surface area contributed by atoms with Gasteiger partial charge >= 0.3 is 0 Å². The zero-order chi connectivity index (χ0) is 19.8. The van der Waals surface area contributed by atoms with Crippen LogP contribution in [0.4, 0.5) is 11.4 Å². The molecule has 0 spiro atoms. The molecule has 0 bridgehead atoms. The van der Waals surface area contributed by atoms with Crippen LogP contribution in [0.3, 0.4) is 0 Å². The molecule has 0 aliphatic rings. The van der Waals surface area contributed by atoms with Gasteiger partial charge in [-0.15, -0.1) is 0 Å². The van der Waals surface area contributed by atoms with Crippen molar-refractivity contribution in [1.82, 2.24) is 5.43 Å². The number of nitro groups is 1. The molecule has 2 aromatic carbocycles. The van der Waals surface area contributed by atoms with Crippen molar-refractivity contribution in [2.75, 3.05) is 5.32 Å². The largest absolute Gasteiger partial charge is 0.507 e. The van der Waals surface area contributed by atoms with Crippen molar-refractivity contribution in [3.8, 4) is 5.75 Å². The number of halogens is 1. The second kappa shape index (κ2) is 9.30. The molecule has 0 saturated heterocycles. The van der Waals surface area contributed by atoms with E-state index in [0.717, 1.165) is 24.4 Å². The highest BCUT2D eigenvalue weighted by atomic mass is 35.5. The highest BCUT2D eigenvalue weighted by molar-refractivity contribution is 6.33. The number of benzene rings is 2. The quantitative estimate of drug-likeness (QED) is 0.379. The number of aromatic hydroxyl groups is 1. The Labute approximate surface area is 158 Å². The first kappa shape index (κ1) is 19.9. The second-order valence-corrected chi connectivity index (χ2v) is 5.73. The number of anilines is 1. The van der Waals surface area contributed by atoms with Crippen LogP contribution in [0, 0.1) is 10.1 Å². The van der Waals surface area contributed by atoms with E-state index in [0.29, 0.717) is 10.7 Å². The van der Waals surface area contributed by atoms with E-state index < -0.39 is 16.7 Å². The fraction of sp³-hybridized carbons (Fsp3) is 0.118. The molecule has 3 N–H and O–H groups in total. The Hall–Kier alpha value is -3.46. The van der Waals surface area contributed by atoms with Crippen molar-refractivity contribution in [2.45, 2.75) is 12.8 Å². The van der Waals surface area contributed by atoms with Crippen LogP contribution in [0.5, 0.6) is 5.75 Å². The average molecular weight is 391 g/mol. The molecule has 0 saturated carbocycles. The summed E-state index contributed by atoms with van der Waals surface area (Å²) in [5, 5.41) is 26.9. The lowest BCUT2D eigenvalue weighted by molar-refractivity contribution is -0.384. The number of carbonyl (C=O) groups excluding carboxylic acids is 2. The number of non-ortho nitro benzene ring substituents is 1. The van der Waals surface area contributed by atoms with Crippen molar-refractivity contribution >= 4 is 41.0 Å². The number of para-hydroxylation sites is 1. The van der Waals surface area contributed by atoms with Gasteiger partial charge in [-0.1, -0.05) is 23.7 Å². The lowest BCUT2D eigenvalue weighted by Gasteiger charge is -2.06. The predicted octanol–water partition coefficient (Wildman–Crippen LogP) is 2.82. The third kappa shape index (κ3) is 6.08. The summed E-state index contributed by atoms with van der Waals surface area (Å²) in [5.41, 5.74) is 2.47. The molecular weight excluding hydrogens is 376 g/mol. The molecule has 27 heavy (non-hydrogen) atoms. The summed E-state index contributed by atoms with van der Waals surface area (Å²) in [7, 11) is 0. The zero-order valence-corrected chi connectivity index (χ0v) is 14.6. The number of hydrogen-bond acceptors (Lipinski definition) is 6. The van der Waals surface area contributed by atoms with Crippen molar-refractivity contribution in [3.05, 3.63) is 63.2 Å². The van der Waals surface area contributed by atoms with E-state index in [2.05, 4.69) is 15.8 Å². The van der Waals surface area contributed by atoms with Gasteiger partial charge in [-0.3, -0.25) is 19.7 Å². The number of amides is 2. The summed E-state index contributed by atoms with van der Waals surface area (Å²) >= 11 is 5.93. The van der Waals surface area contributed by atoms with Crippen LogP contribution < -0.4 is 10.7 Å². The number of nitrogens with one attached hydrogen (secondary N) is 2. The summed E-state index contributed by atoms with van der Waals surface area (Å²) < 4.78 is 0. The monoisotopic (exact) mass is 390 g/mol. The molecule has 0 radical (unpaired) electrons. The molecule has 2 amide bonds. The Morgan fingerprint density at radius 3 is 2.59 bits per heavy atom. The maximum Gasteiger partial charge on any atom is 0.270 e. The molecule has 10 heteroatoms. The Morgan fingerprint density at radius 1 is 1.19 bits per heavy atom. The summed E-state index contributed by atoms with van der Waals surface area (Å²) in [6.45, 7) is 0. The third-order valence-corrected chi connectivity index (χ3v) is 3.67. The number of hydrazone groups is 1. The lowest BCUT2D eigenvalue weighted by atomic mass is 10.2. The van der Waals surface area contributed by atoms with Gasteiger partial charge in [0.15, 0.2) is 0 Å². The first-order valence-electron chi connectivity index (χ1n) is 7.70. The minimum absolute atomic E-state index is 0.0703. The molecule has 140 valence electrons. The molecule has 9 nitrogen and oxygen atoms in total. The fourth-order valence-corrected chi connectivity index (χ4v) is 2.17. The Balaban J connectivity index is 1.83. The van der Waals surface area contributed by atoms with Gasteiger partial charge in [0, 0.05) is 30.5 Å². The van der Waals surface area contributed by atoms with Crippen LogP contribution in [0.25, 0.3) is 0 Å². The predicted molar refractivity (Wildman–Crippen MR) is 99.8 cm³/mol. The summed E-state index contributed by atoms with van der Waals surface area (Å²) in [6.07, 6.45) is 0.854. The number of nitrogens with zero attached hydrogens (tertiary/aromatic N) is 2. The second-order valence-electron chi connectivity index (χ2n) is 5.32. The van der Waals surface area contributed by atoms with Gasteiger partial charge < -0.3 is 10.4 Å². The molecule has 2 aromatic rings. The van der Waals surface area contributed by atoms with Gasteiger partial charge in [-0.2, -0.15) is 5.10 Å². The molecule has 0 aromatic heterocycles. The van der Waals surface area contributed by atoms with Gasteiger partial charge in [-0.05, 0) is 18.2 Å². The maximum atomic E-state index is 11.8. The number of rotatable bonds is 7. The third-order valence-electron chi connectivity index (χ3n) is 3.34. The Bertz CT molecular complexity index is 901. The maximum absolute atomic E-state index is 11.8. The van der Waals surface area contributed by atoms with Crippen LogP contribution in [0.1, 0.15) is 18.4 Å². The molecule has 0 heterocycles. The number of carbonyl (C=O) groups is 2. The topological polar surface area (TPSA) is 134 Å². The normalized spacial score (nSPS) is 10.6. The first-order valence-corrected chi connectivity index (χ1v) is 8.08. The van der Waals surface area contributed by atoms with Crippen molar-refractivity contribution in [1.29, 1.82) is 0 Å². The van der Waals surface area contributed by atoms with E-state index in [9.17, 15) is 24.8 Å². The van der Waals surface area contributed by atoms with Gasteiger partial charge in [0.25, 0.3) is 5.69 Å². The number of phenolic OH excluding ortho intramolecular Hbond substituents is 1. The van der Waals surface area contributed by atoms with Gasteiger partial charge in [0.05, 0.1) is 21.8 Å². The molecule has 0 atom stereocenters. The van der Waals surface area contributed by atoms with Gasteiger partial charge in [0.2, 0.25) is 11.8 Å². The van der Waals surface area contributed by atoms with Crippen LogP contribution >= 0.6 is 11.6 Å². The van der Waals surface area contributed by atoms with E-state index in [1.807, 2.05) is 0 Å². The minimum Gasteiger partial charge on any atom is -0.507 e. The number of hydrogen-bond donors (Lipinski definition) is 3. The van der Waals surface area contributed by atoms with E-state index >= 15 is 0 Å². The lowest BCUT2D eigenvalue weighted by Crippen LogP contribution is -2.20. The Morgan fingerprint density at radius 2 is 1.89 bits per heavy atom. The number of nitro benzene ring substituents is 1.